The quantitative estimate of drug-likeness (QED) is 0.818. The summed E-state index contributed by atoms with van der Waals surface area (Å²) >= 11 is 0. The molecule has 0 spiro atoms. The van der Waals surface area contributed by atoms with E-state index in [1.807, 2.05) is 18.0 Å². The van der Waals surface area contributed by atoms with Crippen molar-refractivity contribution in [3.8, 4) is 0 Å². The molecule has 6 nitrogen and oxygen atoms in total. The summed E-state index contributed by atoms with van der Waals surface area (Å²) in [6.07, 6.45) is 3.21. The van der Waals surface area contributed by atoms with Gasteiger partial charge >= 0.3 is 0 Å². The average Bonchev–Trinajstić information content (AvgIpc) is 2.79. The van der Waals surface area contributed by atoms with E-state index in [1.165, 1.54) is 12.1 Å². The van der Waals surface area contributed by atoms with Gasteiger partial charge in [-0.15, -0.1) is 0 Å². The Hall–Kier alpha value is -1.99. The lowest BCUT2D eigenvalue weighted by molar-refractivity contribution is 0.563. The maximum atomic E-state index is 11.4. The molecule has 0 aliphatic heterocycles. The molecule has 0 radical (unpaired) electrons. The molecule has 0 saturated heterocycles. The van der Waals surface area contributed by atoms with Crippen LogP contribution in [0.15, 0.2) is 46.1 Å². The molecule has 0 saturated carbocycles. The second-order valence-corrected chi connectivity index (χ2v) is 5.85. The Balaban J connectivity index is 2.32. The number of sulfonamides is 1. The molecular formula is C12H15N3O3S. The van der Waals surface area contributed by atoms with Crippen molar-refractivity contribution < 1.29 is 12.8 Å². The van der Waals surface area contributed by atoms with Gasteiger partial charge < -0.3 is 15.1 Å². The number of furan rings is 1. The average molecular weight is 281 g/mol. The molecule has 102 valence electrons. The molecule has 2 aromatic rings. The van der Waals surface area contributed by atoms with Crippen molar-refractivity contribution in [2.24, 2.45) is 5.14 Å². The van der Waals surface area contributed by atoms with Crippen LogP contribution in [0.4, 0.5) is 11.4 Å². The first-order valence-electron chi connectivity index (χ1n) is 5.52. The van der Waals surface area contributed by atoms with Crippen LogP contribution >= 0.6 is 0 Å². The number of nitrogen functional groups attached to an aromatic ring is 1. The molecule has 7 heteroatoms. The van der Waals surface area contributed by atoms with Crippen molar-refractivity contribution in [1.29, 1.82) is 0 Å². The number of anilines is 2. The summed E-state index contributed by atoms with van der Waals surface area (Å²) in [6, 6.07) is 6.36. The highest BCUT2D eigenvalue weighted by atomic mass is 32.2. The molecule has 1 aromatic carbocycles. The first-order valence-corrected chi connectivity index (χ1v) is 7.06. The SMILES string of the molecule is CN(Cc1ccoc1)c1cc(N)cc(S(N)(=O)=O)c1. The minimum absolute atomic E-state index is 0.00143. The molecule has 0 aliphatic carbocycles. The zero-order chi connectivity index (χ0) is 14.0. The topological polar surface area (TPSA) is 103 Å². The Morgan fingerprint density at radius 1 is 1.32 bits per heavy atom. The van der Waals surface area contributed by atoms with Gasteiger partial charge in [-0.3, -0.25) is 0 Å². The third-order valence-electron chi connectivity index (χ3n) is 2.68. The van der Waals surface area contributed by atoms with E-state index in [-0.39, 0.29) is 4.90 Å². The molecule has 0 aliphatic rings. The summed E-state index contributed by atoms with van der Waals surface area (Å²) in [5.74, 6) is 0. The minimum Gasteiger partial charge on any atom is -0.472 e. The molecule has 0 amide bonds. The highest BCUT2D eigenvalue weighted by molar-refractivity contribution is 7.89. The van der Waals surface area contributed by atoms with Gasteiger partial charge in [-0.2, -0.15) is 0 Å². The van der Waals surface area contributed by atoms with Gasteiger partial charge in [-0.1, -0.05) is 0 Å². The Morgan fingerprint density at radius 3 is 2.63 bits per heavy atom. The van der Waals surface area contributed by atoms with E-state index in [9.17, 15) is 8.42 Å². The van der Waals surface area contributed by atoms with Crippen molar-refractivity contribution in [1.82, 2.24) is 0 Å². The molecule has 0 fully saturated rings. The molecule has 2 rings (SSSR count). The van der Waals surface area contributed by atoms with E-state index in [0.29, 0.717) is 17.9 Å². The van der Waals surface area contributed by atoms with Crippen LogP contribution in [-0.4, -0.2) is 15.5 Å². The lowest BCUT2D eigenvalue weighted by Gasteiger charge is -2.19. The summed E-state index contributed by atoms with van der Waals surface area (Å²) in [5, 5.41) is 5.11. The van der Waals surface area contributed by atoms with Crippen LogP contribution in [0.5, 0.6) is 0 Å². The summed E-state index contributed by atoms with van der Waals surface area (Å²) in [4.78, 5) is 1.86. The fraction of sp³-hybridized carbons (Fsp3) is 0.167. The van der Waals surface area contributed by atoms with Crippen LogP contribution < -0.4 is 15.8 Å². The van der Waals surface area contributed by atoms with Gasteiger partial charge in [-0.05, 0) is 24.3 Å². The molecule has 4 N–H and O–H groups in total. The fourth-order valence-electron chi connectivity index (χ4n) is 1.74. The fourth-order valence-corrected chi connectivity index (χ4v) is 2.32. The van der Waals surface area contributed by atoms with Gasteiger partial charge in [0, 0.05) is 30.5 Å². The highest BCUT2D eigenvalue weighted by Crippen LogP contribution is 2.23. The van der Waals surface area contributed by atoms with Crippen molar-refractivity contribution in [2.75, 3.05) is 17.7 Å². The number of primary sulfonamides is 1. The third kappa shape index (κ3) is 3.27. The predicted molar refractivity (Wildman–Crippen MR) is 73.0 cm³/mol. The van der Waals surface area contributed by atoms with E-state index >= 15 is 0 Å². The maximum Gasteiger partial charge on any atom is 0.238 e. The van der Waals surface area contributed by atoms with Crippen molar-refractivity contribution in [3.05, 3.63) is 42.4 Å². The zero-order valence-electron chi connectivity index (χ0n) is 10.4. The first-order chi connectivity index (χ1) is 8.86. The van der Waals surface area contributed by atoms with Crippen LogP contribution in [0.25, 0.3) is 0 Å². The maximum absolute atomic E-state index is 11.4. The van der Waals surface area contributed by atoms with Gasteiger partial charge in [-0.25, -0.2) is 13.6 Å². The molecule has 0 unspecified atom stereocenters. The van der Waals surface area contributed by atoms with Gasteiger partial charge in [0.15, 0.2) is 0 Å². The number of rotatable bonds is 4. The summed E-state index contributed by atoms with van der Waals surface area (Å²) in [7, 11) is -1.94. The molecule has 1 heterocycles. The van der Waals surface area contributed by atoms with Gasteiger partial charge in [0.2, 0.25) is 10.0 Å². The van der Waals surface area contributed by atoms with Crippen LogP contribution in [0.1, 0.15) is 5.56 Å². The predicted octanol–water partition coefficient (Wildman–Crippen LogP) is 1.15. The van der Waals surface area contributed by atoms with Crippen LogP contribution in [0.3, 0.4) is 0 Å². The van der Waals surface area contributed by atoms with E-state index in [0.717, 1.165) is 5.56 Å². The lowest BCUT2D eigenvalue weighted by Crippen LogP contribution is -2.18. The smallest absolute Gasteiger partial charge is 0.238 e. The largest absolute Gasteiger partial charge is 0.472 e. The number of hydrogen-bond acceptors (Lipinski definition) is 5. The molecule has 1 aromatic heterocycles. The van der Waals surface area contributed by atoms with Crippen LogP contribution in [0.2, 0.25) is 0 Å². The zero-order valence-corrected chi connectivity index (χ0v) is 11.2. The van der Waals surface area contributed by atoms with Crippen molar-refractivity contribution in [2.45, 2.75) is 11.4 Å². The normalized spacial score (nSPS) is 11.5. The highest BCUT2D eigenvalue weighted by Gasteiger charge is 2.12. The summed E-state index contributed by atoms with van der Waals surface area (Å²) in [6.45, 7) is 0.573. The molecule has 0 atom stereocenters. The van der Waals surface area contributed by atoms with E-state index in [2.05, 4.69) is 0 Å². The second-order valence-electron chi connectivity index (χ2n) is 4.29. The second kappa shape index (κ2) is 4.94. The standard InChI is InChI=1S/C12H15N3O3S/c1-15(7-9-2-3-18-8-9)11-4-10(13)5-12(6-11)19(14,16)17/h2-6,8H,7,13H2,1H3,(H2,14,16,17). The third-order valence-corrected chi connectivity index (χ3v) is 3.58. The molecular weight excluding hydrogens is 266 g/mol. The van der Waals surface area contributed by atoms with Gasteiger partial charge in [0.1, 0.15) is 0 Å². The Labute approximate surface area is 111 Å². The minimum atomic E-state index is -3.77. The van der Waals surface area contributed by atoms with E-state index < -0.39 is 10.0 Å². The van der Waals surface area contributed by atoms with E-state index in [4.69, 9.17) is 15.3 Å². The summed E-state index contributed by atoms with van der Waals surface area (Å²) in [5.41, 5.74) is 7.70. The molecule has 19 heavy (non-hydrogen) atoms. The monoisotopic (exact) mass is 281 g/mol. The Bertz CT molecular complexity index is 666. The summed E-state index contributed by atoms with van der Waals surface area (Å²) < 4.78 is 27.7. The van der Waals surface area contributed by atoms with Gasteiger partial charge in [0.05, 0.1) is 17.4 Å². The van der Waals surface area contributed by atoms with Crippen molar-refractivity contribution in [3.63, 3.8) is 0 Å². The van der Waals surface area contributed by atoms with Crippen LogP contribution in [-0.2, 0) is 16.6 Å². The van der Waals surface area contributed by atoms with E-state index in [1.54, 1.807) is 18.6 Å². The Morgan fingerprint density at radius 2 is 2.05 bits per heavy atom. The molecule has 0 bridgehead atoms. The number of nitrogens with two attached hydrogens (primary N) is 2. The number of hydrogen-bond donors (Lipinski definition) is 2. The lowest BCUT2D eigenvalue weighted by atomic mass is 10.2. The first kappa shape index (κ1) is 13.4. The van der Waals surface area contributed by atoms with Gasteiger partial charge in [0.25, 0.3) is 0 Å². The van der Waals surface area contributed by atoms with Crippen LogP contribution in [0, 0.1) is 0 Å². The number of nitrogens with zero attached hydrogens (tertiary/aromatic N) is 1. The van der Waals surface area contributed by atoms with Crippen molar-refractivity contribution >= 4 is 21.4 Å². The Kier molecular flexibility index (Phi) is 3.50. The number of benzene rings is 1.